The zero-order valence-electron chi connectivity index (χ0n) is 14.7. The van der Waals surface area contributed by atoms with Crippen molar-refractivity contribution < 1.29 is 17.9 Å². The summed E-state index contributed by atoms with van der Waals surface area (Å²) in [7, 11) is 0.0256. The summed E-state index contributed by atoms with van der Waals surface area (Å²) in [4.78, 5) is 14.7. The number of rotatable bonds is 7. The van der Waals surface area contributed by atoms with Crippen LogP contribution in [0, 0.1) is 5.92 Å². The van der Waals surface area contributed by atoms with Crippen LogP contribution in [0.1, 0.15) is 23.2 Å². The largest absolute Gasteiger partial charge is 0.384 e. The van der Waals surface area contributed by atoms with Gasteiger partial charge in [0.2, 0.25) is 0 Å². The van der Waals surface area contributed by atoms with Crippen molar-refractivity contribution >= 4 is 28.2 Å². The number of halogens is 1. The molecule has 25 heavy (non-hydrogen) atoms. The zero-order chi connectivity index (χ0) is 17.6. The third kappa shape index (κ3) is 5.95. The van der Waals surface area contributed by atoms with Crippen LogP contribution in [0.25, 0.3) is 0 Å². The lowest BCUT2D eigenvalue weighted by Gasteiger charge is -2.32. The molecular weight excluding hydrogens is 364 g/mol. The number of sulfone groups is 1. The van der Waals surface area contributed by atoms with Crippen molar-refractivity contribution in [3.8, 4) is 0 Å². The van der Waals surface area contributed by atoms with Gasteiger partial charge in [0.1, 0.15) is 0 Å². The topological polar surface area (TPSA) is 75.7 Å². The molecule has 2 rings (SSSR count). The van der Waals surface area contributed by atoms with E-state index in [1.807, 2.05) is 11.9 Å². The monoisotopic (exact) mass is 390 g/mol. The summed E-state index contributed by atoms with van der Waals surface area (Å²) >= 11 is 0. The van der Waals surface area contributed by atoms with Crippen molar-refractivity contribution in [1.29, 1.82) is 0 Å². The number of methoxy groups -OCH3 is 1. The average Bonchev–Trinajstić information content (AvgIpc) is 2.60. The van der Waals surface area contributed by atoms with Crippen LogP contribution < -0.4 is 5.32 Å². The Kier molecular flexibility index (Phi) is 8.85. The highest BCUT2D eigenvalue weighted by atomic mass is 35.5. The molecule has 1 aliphatic heterocycles. The molecule has 8 heteroatoms. The SMILES string of the molecule is CNCC1CCCN(C(=O)c2ccc(S(=O)(=O)CCOC)cc2)C1.Cl. The average molecular weight is 391 g/mol. The highest BCUT2D eigenvalue weighted by Crippen LogP contribution is 2.19. The minimum Gasteiger partial charge on any atom is -0.384 e. The second-order valence-electron chi connectivity index (χ2n) is 6.15. The number of likely N-dealkylation sites (tertiary alicyclic amines) is 1. The van der Waals surface area contributed by atoms with Crippen molar-refractivity contribution in [2.45, 2.75) is 17.7 Å². The molecule has 1 heterocycles. The third-order valence-electron chi connectivity index (χ3n) is 4.32. The molecule has 0 saturated carbocycles. The van der Waals surface area contributed by atoms with Gasteiger partial charge >= 0.3 is 0 Å². The van der Waals surface area contributed by atoms with Gasteiger partial charge in [0.05, 0.1) is 17.3 Å². The third-order valence-corrected chi connectivity index (χ3v) is 6.01. The molecule has 1 aliphatic rings. The summed E-state index contributed by atoms with van der Waals surface area (Å²) in [5.41, 5.74) is 0.533. The fourth-order valence-electron chi connectivity index (χ4n) is 3.00. The van der Waals surface area contributed by atoms with E-state index in [0.29, 0.717) is 11.5 Å². The molecule has 6 nitrogen and oxygen atoms in total. The van der Waals surface area contributed by atoms with Gasteiger partial charge in [-0.25, -0.2) is 8.42 Å². The molecule has 1 aromatic rings. The van der Waals surface area contributed by atoms with Crippen LogP contribution in [0.3, 0.4) is 0 Å². The van der Waals surface area contributed by atoms with E-state index < -0.39 is 9.84 Å². The number of carbonyl (C=O) groups excluding carboxylic acids is 1. The fourth-order valence-corrected chi connectivity index (χ4v) is 4.18. The molecule has 0 bridgehead atoms. The Hall–Kier alpha value is -1.15. The lowest BCUT2D eigenvalue weighted by molar-refractivity contribution is 0.0674. The number of nitrogens with zero attached hydrogens (tertiary/aromatic N) is 1. The van der Waals surface area contributed by atoms with Crippen molar-refractivity contribution in [2.75, 3.05) is 46.2 Å². The van der Waals surface area contributed by atoms with Gasteiger partial charge in [-0.1, -0.05) is 0 Å². The van der Waals surface area contributed by atoms with E-state index >= 15 is 0 Å². The van der Waals surface area contributed by atoms with Gasteiger partial charge in [0.25, 0.3) is 5.91 Å². The quantitative estimate of drug-likeness (QED) is 0.765. The number of nitrogens with one attached hydrogen (secondary N) is 1. The molecule has 1 aromatic carbocycles. The van der Waals surface area contributed by atoms with E-state index in [1.165, 1.54) is 19.2 Å². The van der Waals surface area contributed by atoms with Crippen molar-refractivity contribution in [3.63, 3.8) is 0 Å². The van der Waals surface area contributed by atoms with E-state index in [2.05, 4.69) is 5.32 Å². The Morgan fingerprint density at radius 3 is 2.60 bits per heavy atom. The van der Waals surface area contributed by atoms with Crippen LogP contribution in [-0.4, -0.2) is 65.4 Å². The smallest absolute Gasteiger partial charge is 0.253 e. The standard InChI is InChI=1S/C17H26N2O4S.ClH/c1-18-12-14-4-3-9-19(13-14)17(20)15-5-7-16(8-6-15)24(21,22)11-10-23-2;/h5-8,14,18H,3-4,9-13H2,1-2H3;1H. The van der Waals surface area contributed by atoms with Gasteiger partial charge in [-0.05, 0) is 56.6 Å². The van der Waals surface area contributed by atoms with Crippen molar-refractivity contribution in [3.05, 3.63) is 29.8 Å². The molecule has 0 aliphatic carbocycles. The molecule has 1 saturated heterocycles. The van der Waals surface area contributed by atoms with Gasteiger partial charge in [-0.15, -0.1) is 12.4 Å². The zero-order valence-corrected chi connectivity index (χ0v) is 16.4. The number of benzene rings is 1. The van der Waals surface area contributed by atoms with Gasteiger partial charge < -0.3 is 15.0 Å². The number of amides is 1. The Labute approximate surface area is 156 Å². The first kappa shape index (κ1) is 21.9. The van der Waals surface area contributed by atoms with E-state index in [-0.39, 0.29) is 35.6 Å². The Bertz CT molecular complexity index is 647. The van der Waals surface area contributed by atoms with Crippen molar-refractivity contribution in [1.82, 2.24) is 10.2 Å². The van der Waals surface area contributed by atoms with E-state index in [0.717, 1.165) is 32.5 Å². The first-order valence-electron chi connectivity index (χ1n) is 8.23. The number of hydrogen-bond acceptors (Lipinski definition) is 5. The van der Waals surface area contributed by atoms with Crippen LogP contribution in [0.2, 0.25) is 0 Å². The minimum absolute atomic E-state index is 0. The van der Waals surface area contributed by atoms with Crippen LogP contribution >= 0.6 is 12.4 Å². The summed E-state index contributed by atoms with van der Waals surface area (Å²) in [6.45, 7) is 2.56. The predicted molar refractivity (Wildman–Crippen MR) is 100 cm³/mol. The summed E-state index contributed by atoms with van der Waals surface area (Å²) in [5, 5.41) is 3.16. The Morgan fingerprint density at radius 1 is 1.32 bits per heavy atom. The summed E-state index contributed by atoms with van der Waals surface area (Å²) in [6, 6.07) is 6.22. The van der Waals surface area contributed by atoms with Gasteiger partial charge in [0.15, 0.2) is 9.84 Å². The highest BCUT2D eigenvalue weighted by Gasteiger charge is 2.24. The molecule has 1 fully saturated rings. The van der Waals surface area contributed by atoms with Crippen LogP contribution in [0.5, 0.6) is 0 Å². The van der Waals surface area contributed by atoms with Gasteiger partial charge in [-0.2, -0.15) is 0 Å². The molecule has 0 spiro atoms. The maximum absolute atomic E-state index is 12.6. The molecule has 142 valence electrons. The lowest BCUT2D eigenvalue weighted by Crippen LogP contribution is -2.42. The molecular formula is C17H27ClN2O4S. The lowest BCUT2D eigenvalue weighted by atomic mass is 9.97. The maximum Gasteiger partial charge on any atom is 0.253 e. The summed E-state index contributed by atoms with van der Waals surface area (Å²) in [5.74, 6) is 0.382. The number of ether oxygens (including phenoxy) is 1. The fraction of sp³-hybridized carbons (Fsp3) is 0.588. The number of hydrogen-bond donors (Lipinski definition) is 1. The highest BCUT2D eigenvalue weighted by molar-refractivity contribution is 7.91. The predicted octanol–water partition coefficient (Wildman–Crippen LogP) is 1.60. The first-order chi connectivity index (χ1) is 11.5. The van der Waals surface area contributed by atoms with Gasteiger partial charge in [-0.3, -0.25) is 4.79 Å². The Morgan fingerprint density at radius 2 is 2.00 bits per heavy atom. The second-order valence-corrected chi connectivity index (χ2v) is 8.26. The maximum atomic E-state index is 12.6. The number of carbonyl (C=O) groups is 1. The summed E-state index contributed by atoms with van der Waals surface area (Å²) < 4.78 is 29.0. The normalized spacial score (nSPS) is 17.8. The molecule has 1 N–H and O–H groups in total. The molecule has 0 radical (unpaired) electrons. The minimum atomic E-state index is -3.36. The molecule has 1 atom stereocenters. The van der Waals surface area contributed by atoms with E-state index in [1.54, 1.807) is 12.1 Å². The van der Waals surface area contributed by atoms with Crippen LogP contribution in [0.4, 0.5) is 0 Å². The van der Waals surface area contributed by atoms with E-state index in [4.69, 9.17) is 4.74 Å². The first-order valence-corrected chi connectivity index (χ1v) is 9.89. The van der Waals surface area contributed by atoms with Crippen molar-refractivity contribution in [2.24, 2.45) is 5.92 Å². The van der Waals surface area contributed by atoms with Crippen LogP contribution in [0.15, 0.2) is 29.2 Å². The number of piperidine rings is 1. The summed E-state index contributed by atoms with van der Waals surface area (Å²) in [6.07, 6.45) is 2.13. The Balaban J connectivity index is 0.00000312. The molecule has 1 unspecified atom stereocenters. The van der Waals surface area contributed by atoms with E-state index in [9.17, 15) is 13.2 Å². The second kappa shape index (κ2) is 10.1. The van der Waals surface area contributed by atoms with Gasteiger partial charge in [0, 0.05) is 25.8 Å². The molecule has 0 aromatic heterocycles. The van der Waals surface area contributed by atoms with Crippen LogP contribution in [-0.2, 0) is 14.6 Å². The molecule has 1 amide bonds.